The van der Waals surface area contributed by atoms with Gasteiger partial charge in [0.05, 0.1) is 6.04 Å². The van der Waals surface area contributed by atoms with E-state index in [9.17, 15) is 0 Å². The van der Waals surface area contributed by atoms with Crippen LogP contribution in [0.4, 0.5) is 0 Å². The Labute approximate surface area is 110 Å². The fraction of sp³-hybridized carbons (Fsp3) is 0.385. The molecule has 0 saturated carbocycles. The number of halogens is 1. The molecule has 5 heteroatoms. The summed E-state index contributed by atoms with van der Waals surface area (Å²) in [5.41, 5.74) is 0.883. The number of hydrogen-bond acceptors (Lipinski definition) is 4. The van der Waals surface area contributed by atoms with Crippen LogP contribution in [0.2, 0.25) is 5.02 Å². The number of nitrogens with zero attached hydrogens (tertiary/aromatic N) is 2. The molecular formula is C13H14ClN3O. The molecule has 1 aromatic carbocycles. The van der Waals surface area contributed by atoms with Gasteiger partial charge in [-0.3, -0.25) is 0 Å². The van der Waals surface area contributed by atoms with Crippen LogP contribution in [0.25, 0.3) is 11.4 Å². The molecule has 18 heavy (non-hydrogen) atoms. The van der Waals surface area contributed by atoms with Crippen LogP contribution in [0, 0.1) is 0 Å². The van der Waals surface area contributed by atoms with E-state index in [0.717, 1.165) is 18.5 Å². The molecule has 0 bridgehead atoms. The first-order chi connectivity index (χ1) is 8.83. The van der Waals surface area contributed by atoms with Gasteiger partial charge in [-0.2, -0.15) is 4.98 Å². The second-order valence-electron chi connectivity index (χ2n) is 4.47. The predicted octanol–water partition coefficient (Wildman–Crippen LogP) is 3.20. The quantitative estimate of drug-likeness (QED) is 0.904. The van der Waals surface area contributed by atoms with E-state index in [-0.39, 0.29) is 6.04 Å². The van der Waals surface area contributed by atoms with E-state index >= 15 is 0 Å². The molecule has 0 spiro atoms. The Hall–Kier alpha value is -1.39. The second-order valence-corrected chi connectivity index (χ2v) is 4.91. The summed E-state index contributed by atoms with van der Waals surface area (Å²) < 4.78 is 5.33. The third kappa shape index (κ3) is 2.40. The summed E-state index contributed by atoms with van der Waals surface area (Å²) in [5, 5.41) is 8.08. The topological polar surface area (TPSA) is 51.0 Å². The fourth-order valence-electron chi connectivity index (χ4n) is 2.18. The molecule has 1 fully saturated rings. The molecule has 1 saturated heterocycles. The Morgan fingerprint density at radius 1 is 1.33 bits per heavy atom. The molecule has 1 aromatic heterocycles. The van der Waals surface area contributed by atoms with Gasteiger partial charge in [0.2, 0.25) is 11.7 Å². The van der Waals surface area contributed by atoms with E-state index in [1.165, 1.54) is 12.8 Å². The van der Waals surface area contributed by atoms with E-state index in [1.807, 2.05) is 24.3 Å². The number of aromatic nitrogens is 2. The highest BCUT2D eigenvalue weighted by Gasteiger charge is 2.21. The summed E-state index contributed by atoms with van der Waals surface area (Å²) in [4.78, 5) is 4.45. The fourth-order valence-corrected chi connectivity index (χ4v) is 2.37. The molecule has 3 rings (SSSR count). The standard InChI is InChI=1S/C13H14ClN3O/c14-10-5-3-4-9(8-10)12-16-13(18-17-12)11-6-1-2-7-15-11/h3-5,8,11,15H,1-2,6-7H2. The van der Waals surface area contributed by atoms with Crippen LogP contribution in [-0.2, 0) is 0 Å². The summed E-state index contributed by atoms with van der Waals surface area (Å²) in [6.07, 6.45) is 3.47. The summed E-state index contributed by atoms with van der Waals surface area (Å²) in [7, 11) is 0. The number of piperidine rings is 1. The zero-order chi connectivity index (χ0) is 12.4. The molecule has 0 aliphatic carbocycles. The Morgan fingerprint density at radius 3 is 3.06 bits per heavy atom. The van der Waals surface area contributed by atoms with Crippen molar-refractivity contribution in [3.05, 3.63) is 35.2 Å². The normalized spacial score (nSPS) is 19.9. The van der Waals surface area contributed by atoms with Crippen LogP contribution in [0.1, 0.15) is 31.2 Å². The van der Waals surface area contributed by atoms with E-state index in [0.29, 0.717) is 16.7 Å². The van der Waals surface area contributed by atoms with Gasteiger partial charge in [-0.25, -0.2) is 0 Å². The van der Waals surface area contributed by atoms with Crippen molar-refractivity contribution in [1.82, 2.24) is 15.5 Å². The molecule has 1 N–H and O–H groups in total. The smallest absolute Gasteiger partial charge is 0.244 e. The average Bonchev–Trinajstić information content (AvgIpc) is 2.89. The van der Waals surface area contributed by atoms with Crippen molar-refractivity contribution >= 4 is 11.6 Å². The Bertz CT molecular complexity index is 535. The molecule has 1 atom stereocenters. The number of nitrogens with one attached hydrogen (secondary N) is 1. The van der Waals surface area contributed by atoms with Gasteiger partial charge in [-0.05, 0) is 31.5 Å². The van der Waals surface area contributed by atoms with Gasteiger partial charge in [0.1, 0.15) is 0 Å². The van der Waals surface area contributed by atoms with Gasteiger partial charge in [0.15, 0.2) is 0 Å². The summed E-state index contributed by atoms with van der Waals surface area (Å²) in [6, 6.07) is 7.67. The van der Waals surface area contributed by atoms with E-state index < -0.39 is 0 Å². The van der Waals surface area contributed by atoms with Gasteiger partial charge in [0.25, 0.3) is 0 Å². The zero-order valence-electron chi connectivity index (χ0n) is 9.90. The first kappa shape index (κ1) is 11.7. The molecule has 94 valence electrons. The van der Waals surface area contributed by atoms with Crippen molar-refractivity contribution in [2.75, 3.05) is 6.54 Å². The van der Waals surface area contributed by atoms with Crippen LogP contribution >= 0.6 is 11.6 Å². The lowest BCUT2D eigenvalue weighted by Gasteiger charge is -2.19. The average molecular weight is 264 g/mol. The minimum atomic E-state index is 0.194. The number of benzene rings is 1. The minimum absolute atomic E-state index is 0.194. The SMILES string of the molecule is Clc1cccc(-c2noc(C3CCCCN3)n2)c1. The highest BCUT2D eigenvalue weighted by Crippen LogP contribution is 2.25. The largest absolute Gasteiger partial charge is 0.337 e. The lowest BCUT2D eigenvalue weighted by molar-refractivity contribution is 0.297. The van der Waals surface area contributed by atoms with Crippen molar-refractivity contribution in [3.8, 4) is 11.4 Å². The third-order valence-electron chi connectivity index (χ3n) is 3.13. The van der Waals surface area contributed by atoms with Crippen LogP contribution in [0.5, 0.6) is 0 Å². The molecule has 1 aliphatic heterocycles. The van der Waals surface area contributed by atoms with E-state index in [4.69, 9.17) is 16.1 Å². The van der Waals surface area contributed by atoms with Gasteiger partial charge in [0, 0.05) is 10.6 Å². The van der Waals surface area contributed by atoms with Crippen molar-refractivity contribution in [1.29, 1.82) is 0 Å². The molecule has 1 unspecified atom stereocenters. The van der Waals surface area contributed by atoms with Crippen LogP contribution in [0.3, 0.4) is 0 Å². The van der Waals surface area contributed by atoms with Crippen molar-refractivity contribution in [2.45, 2.75) is 25.3 Å². The molecule has 1 aliphatic rings. The Balaban J connectivity index is 1.84. The lowest BCUT2D eigenvalue weighted by atomic mass is 10.1. The van der Waals surface area contributed by atoms with Crippen molar-refractivity contribution in [2.24, 2.45) is 0 Å². The Kier molecular flexibility index (Phi) is 3.30. The second kappa shape index (κ2) is 5.08. The van der Waals surface area contributed by atoms with Crippen molar-refractivity contribution in [3.63, 3.8) is 0 Å². The van der Waals surface area contributed by atoms with Crippen LogP contribution < -0.4 is 5.32 Å². The zero-order valence-corrected chi connectivity index (χ0v) is 10.7. The van der Waals surface area contributed by atoms with Gasteiger partial charge >= 0.3 is 0 Å². The van der Waals surface area contributed by atoms with Crippen LogP contribution in [-0.4, -0.2) is 16.7 Å². The van der Waals surface area contributed by atoms with Crippen molar-refractivity contribution < 1.29 is 4.52 Å². The van der Waals surface area contributed by atoms with Gasteiger partial charge < -0.3 is 9.84 Å². The molecule has 4 nitrogen and oxygen atoms in total. The maximum absolute atomic E-state index is 5.95. The lowest BCUT2D eigenvalue weighted by Crippen LogP contribution is -2.26. The maximum atomic E-state index is 5.95. The summed E-state index contributed by atoms with van der Waals surface area (Å²) in [6.45, 7) is 1.01. The Morgan fingerprint density at radius 2 is 2.28 bits per heavy atom. The number of hydrogen-bond donors (Lipinski definition) is 1. The monoisotopic (exact) mass is 263 g/mol. The first-order valence-electron chi connectivity index (χ1n) is 6.16. The van der Waals surface area contributed by atoms with Gasteiger partial charge in [-0.1, -0.05) is 35.3 Å². The van der Waals surface area contributed by atoms with Gasteiger partial charge in [-0.15, -0.1) is 0 Å². The highest BCUT2D eigenvalue weighted by atomic mass is 35.5. The molecular weight excluding hydrogens is 250 g/mol. The molecule has 2 heterocycles. The maximum Gasteiger partial charge on any atom is 0.244 e. The highest BCUT2D eigenvalue weighted by molar-refractivity contribution is 6.30. The summed E-state index contributed by atoms with van der Waals surface area (Å²) >= 11 is 5.95. The summed E-state index contributed by atoms with van der Waals surface area (Å²) in [5.74, 6) is 1.27. The minimum Gasteiger partial charge on any atom is -0.337 e. The molecule has 0 radical (unpaired) electrons. The van der Waals surface area contributed by atoms with E-state index in [1.54, 1.807) is 0 Å². The van der Waals surface area contributed by atoms with Crippen LogP contribution in [0.15, 0.2) is 28.8 Å². The first-order valence-corrected chi connectivity index (χ1v) is 6.53. The molecule has 0 amide bonds. The number of rotatable bonds is 2. The molecule has 2 aromatic rings. The van der Waals surface area contributed by atoms with E-state index in [2.05, 4.69) is 15.5 Å². The third-order valence-corrected chi connectivity index (χ3v) is 3.37. The predicted molar refractivity (Wildman–Crippen MR) is 69.3 cm³/mol.